The Labute approximate surface area is 105 Å². The van der Waals surface area contributed by atoms with Gasteiger partial charge in [0.2, 0.25) is 5.90 Å². The lowest BCUT2D eigenvalue weighted by molar-refractivity contribution is 0.404. The minimum atomic E-state index is 0.609. The SMILES string of the molecule is C/N=C(\OC)c1ccc2c(c1)oc1ccccc12. The van der Waals surface area contributed by atoms with Crippen LogP contribution in [-0.2, 0) is 4.74 Å². The van der Waals surface area contributed by atoms with E-state index in [0.29, 0.717) is 5.90 Å². The van der Waals surface area contributed by atoms with Crippen LogP contribution in [-0.4, -0.2) is 20.1 Å². The molecule has 3 aromatic rings. The van der Waals surface area contributed by atoms with Crippen molar-refractivity contribution in [3.05, 3.63) is 48.0 Å². The zero-order chi connectivity index (χ0) is 12.5. The third-order valence-electron chi connectivity index (χ3n) is 3.02. The minimum Gasteiger partial charge on any atom is -0.481 e. The third kappa shape index (κ3) is 1.56. The number of hydrogen-bond acceptors (Lipinski definition) is 3. The van der Waals surface area contributed by atoms with Gasteiger partial charge in [0.15, 0.2) is 0 Å². The van der Waals surface area contributed by atoms with Gasteiger partial charge in [-0.25, -0.2) is 0 Å². The number of furan rings is 1. The van der Waals surface area contributed by atoms with Gasteiger partial charge in [-0.2, -0.15) is 0 Å². The molecule has 3 nitrogen and oxygen atoms in total. The van der Waals surface area contributed by atoms with E-state index in [9.17, 15) is 0 Å². The molecule has 3 heteroatoms. The number of nitrogens with zero attached hydrogens (tertiary/aromatic N) is 1. The van der Waals surface area contributed by atoms with Crippen LogP contribution in [0, 0.1) is 0 Å². The number of rotatable bonds is 1. The molecule has 0 N–H and O–H groups in total. The minimum absolute atomic E-state index is 0.609. The first-order valence-corrected chi connectivity index (χ1v) is 5.76. The molecular formula is C15H13NO2. The van der Waals surface area contributed by atoms with Gasteiger partial charge in [0.25, 0.3) is 0 Å². The number of hydrogen-bond donors (Lipinski definition) is 0. The molecule has 1 aromatic heterocycles. The van der Waals surface area contributed by atoms with Crippen molar-refractivity contribution in [1.82, 2.24) is 0 Å². The van der Waals surface area contributed by atoms with Crippen molar-refractivity contribution in [2.45, 2.75) is 0 Å². The number of methoxy groups -OCH3 is 1. The molecule has 0 fully saturated rings. The summed E-state index contributed by atoms with van der Waals surface area (Å²) in [5.41, 5.74) is 2.68. The van der Waals surface area contributed by atoms with Crippen LogP contribution >= 0.6 is 0 Å². The molecule has 0 saturated heterocycles. The van der Waals surface area contributed by atoms with Gasteiger partial charge in [-0.05, 0) is 24.3 Å². The summed E-state index contributed by atoms with van der Waals surface area (Å²) in [6.45, 7) is 0. The lowest BCUT2D eigenvalue weighted by Crippen LogP contribution is -2.02. The van der Waals surface area contributed by atoms with Gasteiger partial charge >= 0.3 is 0 Å². The summed E-state index contributed by atoms with van der Waals surface area (Å²) < 4.78 is 11.0. The van der Waals surface area contributed by atoms with E-state index in [1.165, 1.54) is 0 Å². The van der Waals surface area contributed by atoms with E-state index in [1.807, 2.05) is 36.4 Å². The van der Waals surface area contributed by atoms with Crippen LogP contribution < -0.4 is 0 Å². The first-order chi connectivity index (χ1) is 8.83. The molecule has 0 radical (unpaired) electrons. The zero-order valence-electron chi connectivity index (χ0n) is 10.3. The molecule has 0 aliphatic rings. The summed E-state index contributed by atoms with van der Waals surface area (Å²) in [5, 5.41) is 2.24. The molecule has 0 unspecified atom stereocenters. The molecule has 2 aromatic carbocycles. The van der Waals surface area contributed by atoms with Gasteiger partial charge in [-0.1, -0.05) is 18.2 Å². The summed E-state index contributed by atoms with van der Waals surface area (Å²) in [6, 6.07) is 14.0. The highest BCUT2D eigenvalue weighted by atomic mass is 16.5. The maximum atomic E-state index is 5.82. The number of para-hydroxylation sites is 1. The lowest BCUT2D eigenvalue weighted by atomic mass is 10.1. The predicted octanol–water partition coefficient (Wildman–Crippen LogP) is 3.61. The normalized spacial score (nSPS) is 12.2. The van der Waals surface area contributed by atoms with Gasteiger partial charge in [0, 0.05) is 23.4 Å². The Kier molecular flexibility index (Phi) is 2.52. The Morgan fingerprint density at radius 1 is 1.06 bits per heavy atom. The van der Waals surface area contributed by atoms with E-state index in [0.717, 1.165) is 27.5 Å². The topological polar surface area (TPSA) is 34.7 Å². The number of fused-ring (bicyclic) bond motifs is 3. The van der Waals surface area contributed by atoms with Crippen LogP contribution in [0.15, 0.2) is 51.9 Å². The molecule has 18 heavy (non-hydrogen) atoms. The lowest BCUT2D eigenvalue weighted by Gasteiger charge is -2.03. The Morgan fingerprint density at radius 3 is 2.61 bits per heavy atom. The molecule has 0 aliphatic heterocycles. The largest absolute Gasteiger partial charge is 0.481 e. The molecule has 0 saturated carbocycles. The Bertz CT molecular complexity index is 740. The zero-order valence-corrected chi connectivity index (χ0v) is 10.3. The summed E-state index contributed by atoms with van der Waals surface area (Å²) in [4.78, 5) is 4.09. The van der Waals surface area contributed by atoms with Gasteiger partial charge < -0.3 is 9.15 Å². The van der Waals surface area contributed by atoms with E-state index in [4.69, 9.17) is 9.15 Å². The van der Waals surface area contributed by atoms with Crippen LogP contribution in [0.25, 0.3) is 21.9 Å². The van der Waals surface area contributed by atoms with Crippen molar-refractivity contribution < 1.29 is 9.15 Å². The highest BCUT2D eigenvalue weighted by Crippen LogP contribution is 2.29. The highest BCUT2D eigenvalue weighted by Gasteiger charge is 2.09. The fraction of sp³-hybridized carbons (Fsp3) is 0.133. The van der Waals surface area contributed by atoms with Crippen molar-refractivity contribution in [1.29, 1.82) is 0 Å². The average Bonchev–Trinajstić information content (AvgIpc) is 2.78. The fourth-order valence-corrected chi connectivity index (χ4v) is 2.20. The maximum absolute atomic E-state index is 5.82. The van der Waals surface area contributed by atoms with Crippen molar-refractivity contribution in [2.75, 3.05) is 14.2 Å². The second-order valence-corrected chi connectivity index (χ2v) is 4.04. The van der Waals surface area contributed by atoms with Crippen LogP contribution in [0.2, 0.25) is 0 Å². The standard InChI is InChI=1S/C15H13NO2/c1-16-15(17-2)10-7-8-12-11-5-3-4-6-13(11)18-14(12)9-10/h3-9H,1-2H3/b16-15-. The molecule has 90 valence electrons. The van der Waals surface area contributed by atoms with Gasteiger partial charge in [0.05, 0.1) is 7.11 Å². The fourth-order valence-electron chi connectivity index (χ4n) is 2.20. The molecular weight excluding hydrogens is 226 g/mol. The molecule has 0 amide bonds. The van der Waals surface area contributed by atoms with Crippen molar-refractivity contribution >= 4 is 27.8 Å². The maximum Gasteiger partial charge on any atom is 0.215 e. The molecule has 1 heterocycles. The van der Waals surface area contributed by atoms with Crippen LogP contribution in [0.3, 0.4) is 0 Å². The summed E-state index contributed by atoms with van der Waals surface area (Å²) in [6.07, 6.45) is 0. The summed E-state index contributed by atoms with van der Waals surface area (Å²) in [5.74, 6) is 0.609. The molecule has 0 atom stereocenters. The molecule has 0 spiro atoms. The van der Waals surface area contributed by atoms with Crippen LogP contribution in [0.5, 0.6) is 0 Å². The van der Waals surface area contributed by atoms with Crippen molar-refractivity contribution in [3.8, 4) is 0 Å². The first kappa shape index (κ1) is 10.8. The number of benzene rings is 2. The second-order valence-electron chi connectivity index (χ2n) is 4.04. The van der Waals surface area contributed by atoms with E-state index in [-0.39, 0.29) is 0 Å². The van der Waals surface area contributed by atoms with E-state index in [1.54, 1.807) is 14.2 Å². The van der Waals surface area contributed by atoms with E-state index >= 15 is 0 Å². The summed E-state index contributed by atoms with van der Waals surface area (Å²) in [7, 11) is 3.33. The molecule has 0 bridgehead atoms. The quantitative estimate of drug-likeness (QED) is 0.480. The van der Waals surface area contributed by atoms with Gasteiger partial charge in [-0.15, -0.1) is 0 Å². The molecule has 0 aliphatic carbocycles. The predicted molar refractivity (Wildman–Crippen MR) is 73.2 cm³/mol. The first-order valence-electron chi connectivity index (χ1n) is 5.76. The van der Waals surface area contributed by atoms with Gasteiger partial charge in [-0.3, -0.25) is 4.99 Å². The Hall–Kier alpha value is -2.29. The summed E-state index contributed by atoms with van der Waals surface area (Å²) >= 11 is 0. The number of ether oxygens (including phenoxy) is 1. The van der Waals surface area contributed by atoms with Crippen molar-refractivity contribution in [2.24, 2.45) is 4.99 Å². The number of aliphatic imine (C=N–C) groups is 1. The monoisotopic (exact) mass is 239 g/mol. The van der Waals surface area contributed by atoms with E-state index in [2.05, 4.69) is 11.1 Å². The Balaban J connectivity index is 2.27. The van der Waals surface area contributed by atoms with Gasteiger partial charge in [0.1, 0.15) is 11.2 Å². The molecule has 3 rings (SSSR count). The average molecular weight is 239 g/mol. The van der Waals surface area contributed by atoms with Crippen molar-refractivity contribution in [3.63, 3.8) is 0 Å². The van der Waals surface area contributed by atoms with Crippen LogP contribution in [0.4, 0.5) is 0 Å². The highest BCUT2D eigenvalue weighted by molar-refractivity contribution is 6.07. The third-order valence-corrected chi connectivity index (χ3v) is 3.02. The Morgan fingerprint density at radius 2 is 1.83 bits per heavy atom. The van der Waals surface area contributed by atoms with E-state index < -0.39 is 0 Å². The second kappa shape index (κ2) is 4.18. The van der Waals surface area contributed by atoms with Crippen LogP contribution in [0.1, 0.15) is 5.56 Å². The smallest absolute Gasteiger partial charge is 0.215 e.